The second-order valence-corrected chi connectivity index (χ2v) is 3.78. The lowest BCUT2D eigenvalue weighted by Gasteiger charge is -1.97. The van der Waals surface area contributed by atoms with Gasteiger partial charge in [-0.1, -0.05) is 35.9 Å². The van der Waals surface area contributed by atoms with Gasteiger partial charge in [-0.25, -0.2) is 5.84 Å². The molecule has 0 aliphatic rings. The standard InChI is InChI=1S/C12H13N5O/c1-8-2-4-9(5-3-8)6-7-10-11(18)14-12(15-13)17-16-10/h2-7H,13H2,1H3,(H2,14,15,17,18)/b7-6+. The van der Waals surface area contributed by atoms with E-state index in [1.54, 1.807) is 12.2 Å². The number of nitrogens with zero attached hydrogens (tertiary/aromatic N) is 2. The molecule has 6 heteroatoms. The van der Waals surface area contributed by atoms with Crippen molar-refractivity contribution in [2.75, 3.05) is 5.43 Å². The second kappa shape index (κ2) is 5.24. The monoisotopic (exact) mass is 243 g/mol. The van der Waals surface area contributed by atoms with Crippen LogP contribution in [0.15, 0.2) is 29.1 Å². The zero-order valence-corrected chi connectivity index (χ0v) is 9.84. The van der Waals surface area contributed by atoms with Gasteiger partial charge < -0.3 is 0 Å². The Hall–Kier alpha value is -2.47. The van der Waals surface area contributed by atoms with E-state index in [0.29, 0.717) is 0 Å². The largest absolute Gasteiger partial charge is 0.293 e. The first-order valence-corrected chi connectivity index (χ1v) is 5.37. The molecule has 0 aliphatic carbocycles. The quantitative estimate of drug-likeness (QED) is 0.550. The van der Waals surface area contributed by atoms with Crippen LogP contribution in [0, 0.1) is 6.92 Å². The maximum atomic E-state index is 11.6. The normalized spacial score (nSPS) is 10.8. The molecule has 4 N–H and O–H groups in total. The number of anilines is 1. The zero-order chi connectivity index (χ0) is 13.0. The van der Waals surface area contributed by atoms with E-state index in [4.69, 9.17) is 5.84 Å². The molecule has 18 heavy (non-hydrogen) atoms. The molecule has 1 aromatic heterocycles. The van der Waals surface area contributed by atoms with Crippen LogP contribution in [-0.2, 0) is 0 Å². The maximum absolute atomic E-state index is 11.6. The third-order valence-corrected chi connectivity index (χ3v) is 2.37. The third-order valence-electron chi connectivity index (χ3n) is 2.37. The van der Waals surface area contributed by atoms with Gasteiger partial charge >= 0.3 is 0 Å². The third kappa shape index (κ3) is 2.80. The minimum atomic E-state index is -0.346. The fourth-order valence-corrected chi connectivity index (χ4v) is 1.37. The molecule has 0 spiro atoms. The van der Waals surface area contributed by atoms with Crippen LogP contribution >= 0.6 is 0 Å². The molecule has 0 bridgehead atoms. The lowest BCUT2D eigenvalue weighted by molar-refractivity contribution is 0.927. The fraction of sp³-hybridized carbons (Fsp3) is 0.0833. The highest BCUT2D eigenvalue weighted by atomic mass is 16.1. The first kappa shape index (κ1) is 12.0. The molecular weight excluding hydrogens is 230 g/mol. The number of hydrazine groups is 1. The van der Waals surface area contributed by atoms with Crippen molar-refractivity contribution in [1.29, 1.82) is 0 Å². The van der Waals surface area contributed by atoms with Crippen LogP contribution < -0.4 is 16.8 Å². The highest BCUT2D eigenvalue weighted by molar-refractivity contribution is 5.67. The van der Waals surface area contributed by atoms with E-state index in [2.05, 4.69) is 20.6 Å². The lowest BCUT2D eigenvalue weighted by Crippen LogP contribution is -2.19. The molecule has 2 aromatic rings. The van der Waals surface area contributed by atoms with Gasteiger partial charge in [0.25, 0.3) is 5.56 Å². The Morgan fingerprint density at radius 3 is 2.56 bits per heavy atom. The van der Waals surface area contributed by atoms with Crippen molar-refractivity contribution in [2.24, 2.45) is 5.84 Å². The van der Waals surface area contributed by atoms with Crippen molar-refractivity contribution >= 4 is 18.1 Å². The summed E-state index contributed by atoms with van der Waals surface area (Å²) in [4.78, 5) is 14.0. The van der Waals surface area contributed by atoms with Gasteiger partial charge in [-0.2, -0.15) is 0 Å². The Morgan fingerprint density at radius 2 is 1.94 bits per heavy atom. The van der Waals surface area contributed by atoms with E-state index in [9.17, 15) is 4.79 Å². The molecule has 0 aliphatic heterocycles. The zero-order valence-electron chi connectivity index (χ0n) is 9.84. The fourth-order valence-electron chi connectivity index (χ4n) is 1.37. The summed E-state index contributed by atoms with van der Waals surface area (Å²) in [5.74, 6) is 5.24. The first-order valence-electron chi connectivity index (χ1n) is 5.37. The smallest absolute Gasteiger partial charge is 0.278 e. The average Bonchev–Trinajstić information content (AvgIpc) is 2.39. The summed E-state index contributed by atoms with van der Waals surface area (Å²) in [5, 5.41) is 7.45. The van der Waals surface area contributed by atoms with Crippen LogP contribution in [0.2, 0.25) is 0 Å². The number of aromatic nitrogens is 3. The predicted molar refractivity (Wildman–Crippen MR) is 70.6 cm³/mol. The van der Waals surface area contributed by atoms with Crippen LogP contribution in [0.25, 0.3) is 12.2 Å². The van der Waals surface area contributed by atoms with Crippen molar-refractivity contribution in [3.63, 3.8) is 0 Å². The van der Waals surface area contributed by atoms with Crippen molar-refractivity contribution in [3.8, 4) is 0 Å². The molecule has 1 heterocycles. The van der Waals surface area contributed by atoms with Gasteiger partial charge in [0.05, 0.1) is 0 Å². The Bertz CT molecular complexity index is 615. The van der Waals surface area contributed by atoms with Gasteiger partial charge in [0.15, 0.2) is 5.69 Å². The Kier molecular flexibility index (Phi) is 3.49. The van der Waals surface area contributed by atoms with Crippen LogP contribution in [0.4, 0.5) is 5.95 Å². The maximum Gasteiger partial charge on any atom is 0.278 e. The van der Waals surface area contributed by atoms with Crippen LogP contribution in [-0.4, -0.2) is 15.2 Å². The number of nitrogens with two attached hydrogens (primary N) is 1. The molecule has 0 saturated heterocycles. The van der Waals surface area contributed by atoms with Gasteiger partial charge in [-0.3, -0.25) is 15.2 Å². The molecule has 1 aromatic carbocycles. The molecule has 0 atom stereocenters. The molecule has 0 fully saturated rings. The van der Waals surface area contributed by atoms with Crippen LogP contribution in [0.3, 0.4) is 0 Å². The number of benzene rings is 1. The lowest BCUT2D eigenvalue weighted by atomic mass is 10.1. The van der Waals surface area contributed by atoms with E-state index in [-0.39, 0.29) is 17.2 Å². The molecule has 92 valence electrons. The summed E-state index contributed by atoms with van der Waals surface area (Å²) in [6.07, 6.45) is 3.41. The molecule has 6 nitrogen and oxygen atoms in total. The van der Waals surface area contributed by atoms with E-state index in [1.807, 2.05) is 31.2 Å². The minimum Gasteiger partial charge on any atom is -0.293 e. The molecular formula is C12H13N5O. The van der Waals surface area contributed by atoms with E-state index < -0.39 is 0 Å². The number of H-pyrrole nitrogens is 1. The molecule has 0 unspecified atom stereocenters. The van der Waals surface area contributed by atoms with Gasteiger partial charge in [-0.05, 0) is 18.6 Å². The van der Waals surface area contributed by atoms with Crippen molar-refractivity contribution in [2.45, 2.75) is 6.92 Å². The van der Waals surface area contributed by atoms with Crippen LogP contribution in [0.5, 0.6) is 0 Å². The van der Waals surface area contributed by atoms with Crippen molar-refractivity contribution in [3.05, 3.63) is 51.4 Å². The molecule has 0 amide bonds. The highest BCUT2D eigenvalue weighted by Gasteiger charge is 1.99. The van der Waals surface area contributed by atoms with E-state index in [1.165, 1.54) is 5.56 Å². The molecule has 0 saturated carbocycles. The number of nitrogen functional groups attached to an aromatic ring is 1. The Balaban J connectivity index is 2.23. The summed E-state index contributed by atoms with van der Waals surface area (Å²) >= 11 is 0. The van der Waals surface area contributed by atoms with Gasteiger partial charge in [0, 0.05) is 0 Å². The predicted octanol–water partition coefficient (Wildman–Crippen LogP) is 0.929. The summed E-state index contributed by atoms with van der Waals surface area (Å²) in [6, 6.07) is 7.92. The summed E-state index contributed by atoms with van der Waals surface area (Å²) in [7, 11) is 0. The number of rotatable bonds is 3. The number of aryl methyl sites for hydroxylation is 1. The average molecular weight is 243 g/mol. The van der Waals surface area contributed by atoms with Crippen LogP contribution in [0.1, 0.15) is 16.8 Å². The SMILES string of the molecule is Cc1ccc(/C=C/c2nnc(NN)[nH]c2=O)cc1. The van der Waals surface area contributed by atoms with Gasteiger partial charge in [0.2, 0.25) is 5.95 Å². The van der Waals surface area contributed by atoms with Crippen molar-refractivity contribution in [1.82, 2.24) is 15.2 Å². The highest BCUT2D eigenvalue weighted by Crippen LogP contribution is 2.06. The number of hydrogen-bond donors (Lipinski definition) is 3. The molecule has 2 rings (SSSR count). The second-order valence-electron chi connectivity index (χ2n) is 3.78. The van der Waals surface area contributed by atoms with Gasteiger partial charge in [0.1, 0.15) is 0 Å². The topological polar surface area (TPSA) is 96.7 Å². The number of aromatic amines is 1. The van der Waals surface area contributed by atoms with E-state index in [0.717, 1.165) is 5.56 Å². The summed E-state index contributed by atoms with van der Waals surface area (Å²) in [5.41, 5.74) is 4.28. The minimum absolute atomic E-state index is 0.132. The number of hydrogen-bond acceptors (Lipinski definition) is 5. The first-order chi connectivity index (χ1) is 8.69. The summed E-state index contributed by atoms with van der Waals surface area (Å²) in [6.45, 7) is 2.02. The molecule has 0 radical (unpaired) electrons. The Morgan fingerprint density at radius 1 is 1.22 bits per heavy atom. The summed E-state index contributed by atoms with van der Waals surface area (Å²) < 4.78 is 0. The Labute approximate surface area is 104 Å². The van der Waals surface area contributed by atoms with E-state index >= 15 is 0 Å². The number of nitrogens with one attached hydrogen (secondary N) is 2. The van der Waals surface area contributed by atoms with Gasteiger partial charge in [-0.15, -0.1) is 10.2 Å². The van der Waals surface area contributed by atoms with Crippen molar-refractivity contribution < 1.29 is 0 Å².